The zero-order valence-corrected chi connectivity index (χ0v) is 25.6. The van der Waals surface area contributed by atoms with E-state index in [1.54, 1.807) is 0 Å². The number of unbranched alkanes of at least 4 members (excludes halogenated alkanes) is 2. The van der Waals surface area contributed by atoms with Crippen molar-refractivity contribution < 1.29 is 28.7 Å². The molecule has 2 saturated heterocycles. The van der Waals surface area contributed by atoms with E-state index < -0.39 is 11.9 Å². The molecular weight excluding hydrogens is 520 g/mol. The highest BCUT2D eigenvalue weighted by molar-refractivity contribution is 5.79. The monoisotopic (exact) mass is 571 g/mol. The number of aliphatic carboxylic acids is 1. The van der Waals surface area contributed by atoms with Gasteiger partial charge in [0.2, 0.25) is 11.8 Å². The summed E-state index contributed by atoms with van der Waals surface area (Å²) in [6.07, 6.45) is 6.80. The lowest BCUT2D eigenvalue weighted by molar-refractivity contribution is -0.870. The predicted octanol–water partition coefficient (Wildman–Crippen LogP) is 3.22. The summed E-state index contributed by atoms with van der Waals surface area (Å²) in [7, 11) is 6.56. The van der Waals surface area contributed by atoms with Crippen LogP contribution in [0.4, 0.5) is 0 Å². The Hall–Kier alpha value is -2.65. The molecule has 228 valence electrons. The second-order valence-electron chi connectivity index (χ2n) is 13.2. The molecule has 3 aliphatic heterocycles. The highest BCUT2D eigenvalue weighted by Gasteiger charge is 2.47. The van der Waals surface area contributed by atoms with Gasteiger partial charge in [0.25, 0.3) is 0 Å². The molecular formula is C32H51N4O5+. The number of hydrogen-bond acceptors (Lipinski definition) is 5. The number of amides is 2. The number of rotatable bonds is 15. The smallest absolute Gasteiger partial charge is 0.308 e. The second kappa shape index (κ2) is 14.0. The summed E-state index contributed by atoms with van der Waals surface area (Å²) in [4.78, 5) is 44.9. The van der Waals surface area contributed by atoms with Gasteiger partial charge in [0.1, 0.15) is 5.75 Å². The van der Waals surface area contributed by atoms with Gasteiger partial charge in [0, 0.05) is 57.5 Å². The van der Waals surface area contributed by atoms with E-state index in [9.17, 15) is 19.5 Å². The Balaban J connectivity index is 1.52. The number of carbonyl (C=O) groups is 3. The quantitative estimate of drug-likeness (QED) is 0.257. The van der Waals surface area contributed by atoms with E-state index in [-0.39, 0.29) is 30.3 Å². The molecule has 2 amide bonds. The normalized spacial score (nSPS) is 22.7. The third kappa shape index (κ3) is 8.22. The van der Waals surface area contributed by atoms with Crippen LogP contribution in [0.1, 0.15) is 68.9 Å². The minimum absolute atomic E-state index is 0.0816. The molecule has 41 heavy (non-hydrogen) atoms. The van der Waals surface area contributed by atoms with Crippen molar-refractivity contribution in [1.29, 1.82) is 0 Å². The van der Waals surface area contributed by atoms with Gasteiger partial charge in [-0.05, 0) is 49.3 Å². The summed E-state index contributed by atoms with van der Waals surface area (Å²) < 4.78 is 6.60. The first-order chi connectivity index (χ1) is 19.6. The molecule has 0 unspecified atom stereocenters. The molecule has 3 atom stereocenters. The van der Waals surface area contributed by atoms with Crippen LogP contribution in [0, 0.1) is 5.92 Å². The fourth-order valence-electron chi connectivity index (χ4n) is 6.73. The summed E-state index contributed by atoms with van der Waals surface area (Å²) in [5.41, 5.74) is 2.13. The van der Waals surface area contributed by atoms with Crippen LogP contribution in [0.2, 0.25) is 0 Å². The fraction of sp³-hybridized carbons (Fsp3) is 0.719. The molecule has 0 bridgehead atoms. The van der Waals surface area contributed by atoms with Crippen molar-refractivity contribution in [2.75, 3.05) is 73.6 Å². The Morgan fingerprint density at radius 3 is 2.59 bits per heavy atom. The number of quaternary nitrogens is 1. The number of fused-ring (bicyclic) bond motifs is 1. The second-order valence-corrected chi connectivity index (χ2v) is 13.2. The molecule has 0 aliphatic carbocycles. The summed E-state index contributed by atoms with van der Waals surface area (Å²) in [6.45, 7) is 7.32. The third-order valence-electron chi connectivity index (χ3n) is 9.02. The Bertz CT molecular complexity index is 1070. The van der Waals surface area contributed by atoms with Crippen molar-refractivity contribution in [2.24, 2.45) is 5.92 Å². The highest BCUT2D eigenvalue weighted by Crippen LogP contribution is 2.41. The maximum atomic E-state index is 13.8. The van der Waals surface area contributed by atoms with Gasteiger partial charge in [-0.25, -0.2) is 0 Å². The lowest BCUT2D eigenvalue weighted by Crippen LogP contribution is -2.46. The molecule has 0 radical (unpaired) electrons. The maximum absolute atomic E-state index is 13.8. The number of likely N-dealkylation sites (tertiary alicyclic amines) is 2. The SMILES string of the molecule is CCCCN(CCCC[N+](C)(C)C)C(=O)CN1C[C@H](c2ccc3c(c2)CCO3)[C@@H](C(=O)O)[C@@H]1CCN1CCCC1=O. The first kappa shape index (κ1) is 31.3. The lowest BCUT2D eigenvalue weighted by Gasteiger charge is -2.31. The molecule has 2 fully saturated rings. The first-order valence-corrected chi connectivity index (χ1v) is 15.7. The molecule has 1 N–H and O–H groups in total. The van der Waals surface area contributed by atoms with E-state index in [0.29, 0.717) is 32.5 Å². The number of nitrogens with zero attached hydrogens (tertiary/aromatic N) is 4. The molecule has 0 saturated carbocycles. The van der Waals surface area contributed by atoms with Crippen LogP contribution in [-0.2, 0) is 20.8 Å². The number of hydrogen-bond donors (Lipinski definition) is 1. The van der Waals surface area contributed by atoms with Gasteiger partial charge in [-0.2, -0.15) is 0 Å². The number of ether oxygens (including phenoxy) is 1. The Labute approximate surface area is 246 Å². The van der Waals surface area contributed by atoms with Crippen LogP contribution < -0.4 is 4.74 Å². The zero-order valence-electron chi connectivity index (χ0n) is 25.6. The van der Waals surface area contributed by atoms with Gasteiger partial charge in [-0.15, -0.1) is 0 Å². The van der Waals surface area contributed by atoms with Gasteiger partial charge in [0.15, 0.2) is 0 Å². The van der Waals surface area contributed by atoms with Crippen LogP contribution in [0.3, 0.4) is 0 Å². The topological polar surface area (TPSA) is 90.4 Å². The van der Waals surface area contributed by atoms with Gasteiger partial charge < -0.3 is 24.1 Å². The highest BCUT2D eigenvalue weighted by atomic mass is 16.5. The van der Waals surface area contributed by atoms with Crippen molar-refractivity contribution >= 4 is 17.8 Å². The van der Waals surface area contributed by atoms with E-state index in [4.69, 9.17) is 4.74 Å². The number of carbonyl (C=O) groups excluding carboxylic acids is 2. The van der Waals surface area contributed by atoms with Crippen LogP contribution in [0.15, 0.2) is 18.2 Å². The summed E-state index contributed by atoms with van der Waals surface area (Å²) in [5, 5.41) is 10.5. The standard InChI is InChI=1S/C32H50N4O5/c1-5-6-15-33(16-7-8-19-36(2,3)4)30(38)23-35-22-26(24-11-12-28-25(21-24)14-20-41-28)31(32(39)40)27(35)13-18-34-17-9-10-29(34)37/h11-12,21,26-27,31H,5-10,13-20,22-23H2,1-4H3/p+1/t26-,27+,31-/m1/s1. The van der Waals surface area contributed by atoms with Crippen LogP contribution >= 0.6 is 0 Å². The first-order valence-electron chi connectivity index (χ1n) is 15.7. The van der Waals surface area contributed by atoms with Gasteiger partial charge in [0.05, 0.1) is 46.8 Å². The molecule has 3 heterocycles. The molecule has 1 aromatic rings. The average molecular weight is 572 g/mol. The lowest BCUT2D eigenvalue weighted by atomic mass is 9.83. The van der Waals surface area contributed by atoms with Crippen LogP contribution in [0.5, 0.6) is 5.75 Å². The summed E-state index contributed by atoms with van der Waals surface area (Å²) in [5.74, 6) is -0.590. The Morgan fingerprint density at radius 2 is 1.90 bits per heavy atom. The van der Waals surface area contributed by atoms with Crippen LogP contribution in [-0.4, -0.2) is 122 Å². The predicted molar refractivity (Wildman–Crippen MR) is 159 cm³/mol. The van der Waals surface area contributed by atoms with E-state index in [1.165, 1.54) is 0 Å². The zero-order chi connectivity index (χ0) is 29.6. The molecule has 0 spiro atoms. The Morgan fingerprint density at radius 1 is 1.12 bits per heavy atom. The largest absolute Gasteiger partial charge is 0.493 e. The molecule has 1 aromatic carbocycles. The minimum Gasteiger partial charge on any atom is -0.493 e. The number of benzene rings is 1. The van der Waals surface area contributed by atoms with E-state index in [2.05, 4.69) is 39.0 Å². The van der Waals surface area contributed by atoms with E-state index >= 15 is 0 Å². The van der Waals surface area contributed by atoms with Gasteiger partial charge >= 0.3 is 5.97 Å². The number of carboxylic acid groups (broad SMARTS) is 1. The molecule has 3 aliphatic rings. The summed E-state index contributed by atoms with van der Waals surface area (Å²) >= 11 is 0. The van der Waals surface area contributed by atoms with Crippen molar-refractivity contribution in [3.05, 3.63) is 29.3 Å². The van der Waals surface area contributed by atoms with Gasteiger partial charge in [-0.3, -0.25) is 19.3 Å². The minimum atomic E-state index is -0.831. The number of carboxylic acids is 1. The molecule has 9 nitrogen and oxygen atoms in total. The fourth-order valence-corrected chi connectivity index (χ4v) is 6.73. The Kier molecular flexibility index (Phi) is 10.7. The van der Waals surface area contributed by atoms with Crippen molar-refractivity contribution in [3.8, 4) is 5.75 Å². The van der Waals surface area contributed by atoms with Crippen molar-refractivity contribution in [2.45, 2.75) is 70.3 Å². The molecule has 9 heteroatoms. The average Bonchev–Trinajstić information content (AvgIpc) is 3.64. The van der Waals surface area contributed by atoms with E-state index in [1.807, 2.05) is 21.9 Å². The van der Waals surface area contributed by atoms with Gasteiger partial charge in [-0.1, -0.05) is 25.5 Å². The van der Waals surface area contributed by atoms with Crippen molar-refractivity contribution in [3.63, 3.8) is 0 Å². The van der Waals surface area contributed by atoms with Crippen LogP contribution in [0.25, 0.3) is 0 Å². The third-order valence-corrected chi connectivity index (χ3v) is 9.02. The van der Waals surface area contributed by atoms with E-state index in [0.717, 1.165) is 86.1 Å². The molecule has 4 rings (SSSR count). The molecule has 0 aromatic heterocycles. The maximum Gasteiger partial charge on any atom is 0.308 e. The van der Waals surface area contributed by atoms with Crippen molar-refractivity contribution in [1.82, 2.24) is 14.7 Å². The summed E-state index contributed by atoms with van der Waals surface area (Å²) in [6, 6.07) is 5.76.